The van der Waals surface area contributed by atoms with Crippen molar-refractivity contribution in [1.29, 1.82) is 5.41 Å². The molecule has 0 aromatic heterocycles. The van der Waals surface area contributed by atoms with Crippen LogP contribution in [0.2, 0.25) is 0 Å². The number of rotatable bonds is 4. The highest BCUT2D eigenvalue weighted by molar-refractivity contribution is 5.96. The Hall–Kier alpha value is -1.31. The Morgan fingerprint density at radius 1 is 1.21 bits per heavy atom. The van der Waals surface area contributed by atoms with Crippen LogP contribution in [-0.2, 0) is 0 Å². The monoisotopic (exact) mass is 190 g/mol. The highest BCUT2D eigenvalue weighted by Gasteiger charge is 2.07. The molecule has 0 heterocycles. The third kappa shape index (κ3) is 2.59. The first-order valence-electron chi connectivity index (χ1n) is 5.18. The number of hydrogen-bond acceptors (Lipinski definition) is 1. The van der Waals surface area contributed by atoms with Crippen molar-refractivity contribution in [3.8, 4) is 0 Å². The Balaban J connectivity index is 2.73. The van der Waals surface area contributed by atoms with Gasteiger partial charge in [-0.05, 0) is 13.3 Å². The SMILES string of the molecule is CCCN(CC)C(=N)c1ccccc1. The summed E-state index contributed by atoms with van der Waals surface area (Å²) in [5.74, 6) is 0.634. The fraction of sp³-hybridized carbons (Fsp3) is 0.417. The molecule has 0 saturated heterocycles. The van der Waals surface area contributed by atoms with E-state index in [9.17, 15) is 0 Å². The molecular weight excluding hydrogens is 172 g/mol. The molecule has 0 radical (unpaired) electrons. The molecule has 0 aliphatic heterocycles. The number of nitrogens with one attached hydrogen (secondary N) is 1. The highest BCUT2D eigenvalue weighted by Crippen LogP contribution is 2.04. The van der Waals surface area contributed by atoms with Crippen LogP contribution in [0.1, 0.15) is 25.8 Å². The van der Waals surface area contributed by atoms with E-state index in [0.29, 0.717) is 5.84 Å². The van der Waals surface area contributed by atoms with Gasteiger partial charge in [0.2, 0.25) is 0 Å². The van der Waals surface area contributed by atoms with Gasteiger partial charge < -0.3 is 4.90 Å². The van der Waals surface area contributed by atoms with Crippen LogP contribution in [0.25, 0.3) is 0 Å². The van der Waals surface area contributed by atoms with Crippen molar-refractivity contribution in [2.75, 3.05) is 13.1 Å². The highest BCUT2D eigenvalue weighted by atomic mass is 15.2. The van der Waals surface area contributed by atoms with Gasteiger partial charge in [-0.25, -0.2) is 0 Å². The summed E-state index contributed by atoms with van der Waals surface area (Å²) >= 11 is 0. The first kappa shape index (κ1) is 10.8. The number of benzene rings is 1. The Labute approximate surface area is 86.1 Å². The van der Waals surface area contributed by atoms with E-state index in [1.54, 1.807) is 0 Å². The maximum Gasteiger partial charge on any atom is 0.128 e. The molecule has 0 atom stereocenters. The summed E-state index contributed by atoms with van der Waals surface area (Å²) in [5, 5.41) is 8.02. The van der Waals surface area contributed by atoms with E-state index in [4.69, 9.17) is 5.41 Å². The summed E-state index contributed by atoms with van der Waals surface area (Å²) in [6.07, 6.45) is 1.09. The van der Waals surface area contributed by atoms with Crippen LogP contribution in [0.15, 0.2) is 30.3 Å². The standard InChI is InChI=1S/C12H18N2/c1-3-10-14(4-2)12(13)11-8-6-5-7-9-11/h5-9,13H,3-4,10H2,1-2H3. The molecule has 14 heavy (non-hydrogen) atoms. The van der Waals surface area contributed by atoms with Crippen LogP contribution < -0.4 is 0 Å². The van der Waals surface area contributed by atoms with Gasteiger partial charge in [0, 0.05) is 18.7 Å². The van der Waals surface area contributed by atoms with Crippen LogP contribution in [-0.4, -0.2) is 23.8 Å². The largest absolute Gasteiger partial charge is 0.357 e. The molecule has 0 saturated carbocycles. The summed E-state index contributed by atoms with van der Waals surface area (Å²) < 4.78 is 0. The van der Waals surface area contributed by atoms with Gasteiger partial charge in [-0.1, -0.05) is 37.3 Å². The predicted molar refractivity (Wildman–Crippen MR) is 60.8 cm³/mol. The van der Waals surface area contributed by atoms with E-state index < -0.39 is 0 Å². The lowest BCUT2D eigenvalue weighted by molar-refractivity contribution is 0.438. The van der Waals surface area contributed by atoms with Crippen molar-refractivity contribution >= 4 is 5.84 Å². The van der Waals surface area contributed by atoms with Gasteiger partial charge >= 0.3 is 0 Å². The van der Waals surface area contributed by atoms with Gasteiger partial charge in [0.25, 0.3) is 0 Å². The first-order valence-corrected chi connectivity index (χ1v) is 5.18. The summed E-state index contributed by atoms with van der Waals surface area (Å²) in [6, 6.07) is 9.90. The van der Waals surface area contributed by atoms with Gasteiger partial charge in [0.1, 0.15) is 5.84 Å². The molecule has 0 amide bonds. The Morgan fingerprint density at radius 2 is 1.86 bits per heavy atom. The van der Waals surface area contributed by atoms with Gasteiger partial charge in [-0.3, -0.25) is 5.41 Å². The number of nitrogens with zero attached hydrogens (tertiary/aromatic N) is 1. The second-order valence-electron chi connectivity index (χ2n) is 3.29. The summed E-state index contributed by atoms with van der Waals surface area (Å²) in [5.41, 5.74) is 1.00. The zero-order chi connectivity index (χ0) is 10.4. The summed E-state index contributed by atoms with van der Waals surface area (Å²) in [7, 11) is 0. The second kappa shape index (κ2) is 5.43. The lowest BCUT2D eigenvalue weighted by Gasteiger charge is -2.22. The quantitative estimate of drug-likeness (QED) is 0.573. The van der Waals surface area contributed by atoms with Crippen molar-refractivity contribution in [3.63, 3.8) is 0 Å². The summed E-state index contributed by atoms with van der Waals surface area (Å²) in [6.45, 7) is 6.10. The summed E-state index contributed by atoms with van der Waals surface area (Å²) in [4.78, 5) is 2.09. The van der Waals surface area contributed by atoms with Gasteiger partial charge in [-0.15, -0.1) is 0 Å². The lowest BCUT2D eigenvalue weighted by atomic mass is 10.2. The van der Waals surface area contributed by atoms with E-state index in [1.807, 2.05) is 30.3 Å². The van der Waals surface area contributed by atoms with Crippen molar-refractivity contribution in [1.82, 2.24) is 4.90 Å². The van der Waals surface area contributed by atoms with Gasteiger partial charge in [0.15, 0.2) is 0 Å². The molecule has 0 fully saturated rings. The lowest BCUT2D eigenvalue weighted by Crippen LogP contribution is -2.31. The number of amidine groups is 1. The average molecular weight is 190 g/mol. The average Bonchev–Trinajstić information content (AvgIpc) is 2.26. The maximum absolute atomic E-state index is 8.02. The Morgan fingerprint density at radius 3 is 2.36 bits per heavy atom. The minimum Gasteiger partial charge on any atom is -0.357 e. The fourth-order valence-corrected chi connectivity index (χ4v) is 1.48. The molecular formula is C12H18N2. The van der Waals surface area contributed by atoms with Crippen LogP contribution in [0, 0.1) is 5.41 Å². The molecule has 1 aromatic carbocycles. The van der Waals surface area contributed by atoms with Crippen LogP contribution in [0.4, 0.5) is 0 Å². The fourth-order valence-electron chi connectivity index (χ4n) is 1.48. The molecule has 1 aromatic rings. The van der Waals surface area contributed by atoms with Crippen LogP contribution in [0.5, 0.6) is 0 Å². The normalized spacial score (nSPS) is 9.86. The van der Waals surface area contributed by atoms with E-state index in [0.717, 1.165) is 25.1 Å². The molecule has 1 rings (SSSR count). The third-order valence-electron chi connectivity index (χ3n) is 2.24. The van der Waals surface area contributed by atoms with Crippen molar-refractivity contribution in [3.05, 3.63) is 35.9 Å². The van der Waals surface area contributed by atoms with E-state index in [1.165, 1.54) is 0 Å². The van der Waals surface area contributed by atoms with Crippen LogP contribution in [0.3, 0.4) is 0 Å². The minimum absolute atomic E-state index is 0.634. The molecule has 0 unspecified atom stereocenters. The maximum atomic E-state index is 8.02. The topological polar surface area (TPSA) is 27.1 Å². The molecule has 2 nitrogen and oxygen atoms in total. The Bertz CT molecular complexity index is 280. The van der Waals surface area contributed by atoms with Gasteiger partial charge in [-0.2, -0.15) is 0 Å². The molecule has 0 bridgehead atoms. The molecule has 0 aliphatic rings. The molecule has 0 spiro atoms. The predicted octanol–water partition coefficient (Wildman–Crippen LogP) is 2.74. The molecule has 76 valence electrons. The molecule has 2 heteroatoms. The zero-order valence-electron chi connectivity index (χ0n) is 8.96. The van der Waals surface area contributed by atoms with E-state index in [-0.39, 0.29) is 0 Å². The van der Waals surface area contributed by atoms with E-state index in [2.05, 4.69) is 18.7 Å². The Kier molecular flexibility index (Phi) is 4.17. The first-order chi connectivity index (χ1) is 6.79. The zero-order valence-corrected chi connectivity index (χ0v) is 8.96. The van der Waals surface area contributed by atoms with Crippen LogP contribution >= 0.6 is 0 Å². The van der Waals surface area contributed by atoms with Crippen molar-refractivity contribution in [2.24, 2.45) is 0 Å². The third-order valence-corrected chi connectivity index (χ3v) is 2.24. The number of hydrogen-bond donors (Lipinski definition) is 1. The molecule has 1 N–H and O–H groups in total. The van der Waals surface area contributed by atoms with Gasteiger partial charge in [0.05, 0.1) is 0 Å². The smallest absolute Gasteiger partial charge is 0.128 e. The van der Waals surface area contributed by atoms with Crippen molar-refractivity contribution < 1.29 is 0 Å². The van der Waals surface area contributed by atoms with Crippen molar-refractivity contribution in [2.45, 2.75) is 20.3 Å². The second-order valence-corrected chi connectivity index (χ2v) is 3.29. The minimum atomic E-state index is 0.634. The van der Waals surface area contributed by atoms with E-state index >= 15 is 0 Å². The molecule has 0 aliphatic carbocycles.